The summed E-state index contributed by atoms with van der Waals surface area (Å²) in [6.07, 6.45) is -4.53. The van der Waals surface area contributed by atoms with Crippen LogP contribution in [0.4, 0.5) is 22.0 Å². The van der Waals surface area contributed by atoms with Crippen molar-refractivity contribution in [3.63, 3.8) is 0 Å². The van der Waals surface area contributed by atoms with Crippen molar-refractivity contribution in [2.24, 2.45) is 0 Å². The van der Waals surface area contributed by atoms with Crippen molar-refractivity contribution in [1.82, 2.24) is 4.98 Å². The predicted octanol–water partition coefficient (Wildman–Crippen LogP) is 3.25. The molecule has 0 saturated carbocycles. The number of halogens is 5. The highest BCUT2D eigenvalue weighted by Crippen LogP contribution is 2.35. The van der Waals surface area contributed by atoms with Crippen LogP contribution in [0.5, 0.6) is 5.75 Å². The quantitative estimate of drug-likeness (QED) is 0.615. The first-order valence-corrected chi connectivity index (χ1v) is 5.24. The van der Waals surface area contributed by atoms with Crippen LogP contribution in [0.15, 0.2) is 18.3 Å². The summed E-state index contributed by atoms with van der Waals surface area (Å²) >= 11 is 0. The Labute approximate surface area is 105 Å². The number of nitrogens with zero attached hydrogens (tertiary/aromatic N) is 1. The number of ketones is 1. The van der Waals surface area contributed by atoms with Gasteiger partial charge in [-0.05, 0) is 12.1 Å². The molecule has 0 saturated heterocycles. The summed E-state index contributed by atoms with van der Waals surface area (Å²) in [4.78, 5) is 14.8. The second kappa shape index (κ2) is 5.50. The molecule has 0 atom stereocenters. The van der Waals surface area contributed by atoms with Gasteiger partial charge < -0.3 is 4.74 Å². The summed E-state index contributed by atoms with van der Waals surface area (Å²) < 4.78 is 65.0. The third kappa shape index (κ3) is 3.87. The molecular weight excluding hydrogens is 273 g/mol. The molecule has 1 rings (SSSR count). The molecule has 1 aromatic rings. The lowest BCUT2D eigenvalue weighted by molar-refractivity contribution is -0.290. The average Bonchev–Trinajstić information content (AvgIpc) is 2.35. The van der Waals surface area contributed by atoms with Crippen molar-refractivity contribution in [2.75, 3.05) is 6.61 Å². The summed E-state index contributed by atoms with van der Waals surface area (Å²) in [5, 5.41) is 0. The van der Waals surface area contributed by atoms with Gasteiger partial charge in [-0.15, -0.1) is 0 Å². The topological polar surface area (TPSA) is 39.2 Å². The van der Waals surface area contributed by atoms with Crippen LogP contribution in [-0.2, 0) is 0 Å². The summed E-state index contributed by atoms with van der Waals surface area (Å²) in [7, 11) is 0. The molecule has 0 fully saturated rings. The van der Waals surface area contributed by atoms with Crippen molar-refractivity contribution >= 4 is 5.78 Å². The number of hydrogen-bond acceptors (Lipinski definition) is 3. The normalized spacial score (nSPS) is 12.3. The molecule has 1 aromatic heterocycles. The molecule has 0 bridgehead atoms. The Morgan fingerprint density at radius 3 is 2.32 bits per heavy atom. The van der Waals surface area contributed by atoms with Gasteiger partial charge in [0, 0.05) is 6.42 Å². The van der Waals surface area contributed by atoms with E-state index < -0.39 is 18.7 Å². The van der Waals surface area contributed by atoms with Crippen LogP contribution >= 0.6 is 0 Å². The molecule has 0 aliphatic rings. The Balaban J connectivity index is 2.67. The average molecular weight is 283 g/mol. The van der Waals surface area contributed by atoms with Crippen LogP contribution in [-0.4, -0.2) is 29.5 Å². The summed E-state index contributed by atoms with van der Waals surface area (Å²) in [5.41, 5.74) is 0.0948. The highest BCUT2D eigenvalue weighted by atomic mass is 19.4. The number of hydrogen-bond donors (Lipinski definition) is 0. The largest absolute Gasteiger partial charge is 0.485 e. The van der Waals surface area contributed by atoms with Crippen LogP contribution in [0.3, 0.4) is 0 Å². The maximum atomic E-state index is 12.6. The minimum Gasteiger partial charge on any atom is -0.485 e. The number of carbonyl (C=O) groups excluding carboxylic acids is 1. The molecule has 0 N–H and O–H groups in total. The molecule has 0 aliphatic carbocycles. The van der Waals surface area contributed by atoms with Crippen LogP contribution in [0.25, 0.3) is 0 Å². The molecule has 8 heteroatoms. The fourth-order valence-corrected chi connectivity index (χ4v) is 1.07. The van der Waals surface area contributed by atoms with E-state index in [1.165, 1.54) is 6.07 Å². The van der Waals surface area contributed by atoms with E-state index in [0.717, 1.165) is 12.3 Å². The Bertz CT molecular complexity index is 441. The van der Waals surface area contributed by atoms with E-state index in [-0.39, 0.29) is 23.6 Å². The van der Waals surface area contributed by atoms with Crippen LogP contribution in [0.2, 0.25) is 0 Å². The zero-order valence-electron chi connectivity index (χ0n) is 9.80. The monoisotopic (exact) mass is 283 g/mol. The Morgan fingerprint density at radius 1 is 1.26 bits per heavy atom. The van der Waals surface area contributed by atoms with Crippen LogP contribution in [0.1, 0.15) is 23.8 Å². The molecule has 19 heavy (non-hydrogen) atoms. The first kappa shape index (κ1) is 15.3. The Kier molecular flexibility index (Phi) is 4.43. The van der Waals surface area contributed by atoms with Gasteiger partial charge in [-0.1, -0.05) is 6.92 Å². The minimum atomic E-state index is -5.67. The van der Waals surface area contributed by atoms with Crippen molar-refractivity contribution in [3.8, 4) is 5.75 Å². The van der Waals surface area contributed by atoms with E-state index in [9.17, 15) is 26.7 Å². The maximum Gasteiger partial charge on any atom is 0.456 e. The van der Waals surface area contributed by atoms with Gasteiger partial charge in [0.15, 0.2) is 12.4 Å². The van der Waals surface area contributed by atoms with Gasteiger partial charge >= 0.3 is 12.1 Å². The fourth-order valence-electron chi connectivity index (χ4n) is 1.07. The van der Waals surface area contributed by atoms with Gasteiger partial charge in [-0.3, -0.25) is 4.79 Å². The zero-order chi connectivity index (χ0) is 14.7. The lowest BCUT2D eigenvalue weighted by Gasteiger charge is -2.19. The van der Waals surface area contributed by atoms with Gasteiger partial charge in [0.05, 0.1) is 6.20 Å². The van der Waals surface area contributed by atoms with Crippen LogP contribution < -0.4 is 4.74 Å². The number of carbonyl (C=O) groups is 1. The lowest BCUT2D eigenvalue weighted by Crippen LogP contribution is -2.41. The molecule has 0 spiro atoms. The third-order valence-corrected chi connectivity index (χ3v) is 2.18. The molecule has 0 aromatic carbocycles. The standard InChI is InChI=1S/C11H10F5NO2/c1-2-9(18)8-4-3-7(5-17-8)19-6-10(12,13)11(14,15)16/h3-5H,2,6H2,1H3. The Morgan fingerprint density at radius 2 is 1.89 bits per heavy atom. The first-order chi connectivity index (χ1) is 8.67. The number of alkyl halides is 5. The molecule has 0 unspecified atom stereocenters. The van der Waals surface area contributed by atoms with Crippen molar-refractivity contribution < 1.29 is 31.5 Å². The number of pyridine rings is 1. The molecule has 0 aliphatic heterocycles. The summed E-state index contributed by atoms with van der Waals surface area (Å²) in [6, 6.07) is 2.31. The second-order valence-corrected chi connectivity index (χ2v) is 3.65. The van der Waals surface area contributed by atoms with E-state index in [4.69, 9.17) is 0 Å². The molecule has 0 radical (unpaired) electrons. The molecule has 106 valence electrons. The Hall–Kier alpha value is -1.73. The second-order valence-electron chi connectivity index (χ2n) is 3.65. The SMILES string of the molecule is CCC(=O)c1ccc(OCC(F)(F)C(F)(F)F)cn1. The lowest BCUT2D eigenvalue weighted by atomic mass is 10.2. The van der Waals surface area contributed by atoms with Gasteiger partial charge in [0.2, 0.25) is 0 Å². The predicted molar refractivity (Wildman–Crippen MR) is 55.4 cm³/mol. The molecule has 3 nitrogen and oxygen atoms in total. The van der Waals surface area contributed by atoms with E-state index in [1.807, 2.05) is 0 Å². The number of Topliss-reactive ketones (excluding diaryl/α,β-unsaturated/α-hetero) is 1. The van der Waals surface area contributed by atoms with Crippen LogP contribution in [0, 0.1) is 0 Å². The zero-order valence-corrected chi connectivity index (χ0v) is 9.80. The minimum absolute atomic E-state index is 0.0948. The number of rotatable bonds is 5. The summed E-state index contributed by atoms with van der Waals surface area (Å²) in [6.45, 7) is -0.225. The van der Waals surface area contributed by atoms with Crippen molar-refractivity contribution in [2.45, 2.75) is 25.4 Å². The first-order valence-electron chi connectivity index (χ1n) is 5.24. The van der Waals surface area contributed by atoms with Crippen molar-refractivity contribution in [1.29, 1.82) is 0 Å². The van der Waals surface area contributed by atoms with E-state index >= 15 is 0 Å². The molecular formula is C11H10F5NO2. The van der Waals surface area contributed by atoms with Gasteiger partial charge in [0.25, 0.3) is 0 Å². The smallest absolute Gasteiger partial charge is 0.456 e. The van der Waals surface area contributed by atoms with E-state index in [1.54, 1.807) is 6.92 Å². The van der Waals surface area contributed by atoms with E-state index in [0.29, 0.717) is 0 Å². The highest BCUT2D eigenvalue weighted by Gasteiger charge is 2.58. The van der Waals surface area contributed by atoms with Crippen molar-refractivity contribution in [3.05, 3.63) is 24.0 Å². The van der Waals surface area contributed by atoms with E-state index in [2.05, 4.69) is 9.72 Å². The molecule has 0 amide bonds. The van der Waals surface area contributed by atoms with Gasteiger partial charge in [-0.25, -0.2) is 4.98 Å². The van der Waals surface area contributed by atoms with Gasteiger partial charge in [0.1, 0.15) is 11.4 Å². The van der Waals surface area contributed by atoms with Gasteiger partial charge in [-0.2, -0.15) is 22.0 Å². The fraction of sp³-hybridized carbons (Fsp3) is 0.455. The summed E-state index contributed by atoms with van der Waals surface area (Å²) in [5.74, 6) is -5.48. The number of aromatic nitrogens is 1. The number of ether oxygens (including phenoxy) is 1. The molecule has 1 heterocycles. The highest BCUT2D eigenvalue weighted by molar-refractivity contribution is 5.93. The maximum absolute atomic E-state index is 12.6. The third-order valence-electron chi connectivity index (χ3n) is 2.18.